The van der Waals surface area contributed by atoms with E-state index >= 15 is 0 Å². The second kappa shape index (κ2) is 7.19. The Kier molecular flexibility index (Phi) is 5.25. The predicted octanol–water partition coefficient (Wildman–Crippen LogP) is 5.96. The molecule has 4 saturated carbocycles. The summed E-state index contributed by atoms with van der Waals surface area (Å²) in [6, 6.07) is 0. The molecular weight excluding hydrogens is 384 g/mol. The largest absolute Gasteiger partial charge is 0.393 e. The topological polar surface area (TPSA) is 53.0 Å². The molecule has 0 radical (unpaired) electrons. The van der Waals surface area contributed by atoms with Gasteiger partial charge in [0.2, 0.25) is 0 Å². The summed E-state index contributed by atoms with van der Waals surface area (Å²) in [5, 5.41) is 21.7. The Morgan fingerprint density at radius 2 is 1.52 bits per heavy atom. The Balaban J connectivity index is 1.32. The van der Waals surface area contributed by atoms with Gasteiger partial charge in [-0.15, -0.1) is 0 Å². The molecule has 4 aliphatic carbocycles. The highest BCUT2D eigenvalue weighted by atomic mass is 16.6. The lowest BCUT2D eigenvalue weighted by Gasteiger charge is -2.62. The third-order valence-electron chi connectivity index (χ3n) is 12.2. The smallest absolute Gasteiger partial charge is 0.0946 e. The Hall–Kier alpha value is -0.120. The van der Waals surface area contributed by atoms with Crippen molar-refractivity contribution in [3.8, 4) is 0 Å². The first-order valence-corrected chi connectivity index (χ1v) is 13.5. The summed E-state index contributed by atoms with van der Waals surface area (Å²) in [5.41, 5.74) is 0.850. The van der Waals surface area contributed by atoms with E-state index in [1.165, 1.54) is 38.5 Å². The zero-order valence-corrected chi connectivity index (χ0v) is 21.0. The van der Waals surface area contributed by atoms with Gasteiger partial charge in [0.1, 0.15) is 0 Å². The second-order valence-corrected chi connectivity index (χ2v) is 13.8. The molecule has 5 aliphatic rings. The predicted molar refractivity (Wildman–Crippen MR) is 125 cm³/mol. The zero-order chi connectivity index (χ0) is 22.4. The van der Waals surface area contributed by atoms with Gasteiger partial charge in [-0.3, -0.25) is 0 Å². The van der Waals surface area contributed by atoms with Gasteiger partial charge in [-0.1, -0.05) is 20.8 Å². The van der Waals surface area contributed by atoms with Crippen LogP contribution in [-0.2, 0) is 4.74 Å². The number of rotatable bonds is 4. The first-order chi connectivity index (χ1) is 14.4. The maximum Gasteiger partial charge on any atom is 0.0946 e. The van der Waals surface area contributed by atoms with E-state index in [9.17, 15) is 10.2 Å². The summed E-state index contributed by atoms with van der Waals surface area (Å²) in [6.07, 6.45) is 11.4. The van der Waals surface area contributed by atoms with Crippen LogP contribution in [0.3, 0.4) is 0 Å². The van der Waals surface area contributed by atoms with E-state index in [0.29, 0.717) is 34.5 Å². The molecule has 0 aromatic rings. The minimum absolute atomic E-state index is 0.0542. The van der Waals surface area contributed by atoms with Gasteiger partial charge < -0.3 is 14.9 Å². The average molecular weight is 433 g/mol. The molecule has 5 fully saturated rings. The molecule has 1 heterocycles. The van der Waals surface area contributed by atoms with Crippen LogP contribution in [0, 0.1) is 46.3 Å². The molecule has 0 aromatic heterocycles. The highest BCUT2D eigenvalue weighted by Gasteiger charge is 2.63. The summed E-state index contributed by atoms with van der Waals surface area (Å²) < 4.78 is 6.04. The Labute approximate surface area is 190 Å². The maximum absolute atomic E-state index is 11.4. The van der Waals surface area contributed by atoms with Crippen molar-refractivity contribution in [1.82, 2.24) is 0 Å². The molecule has 0 aromatic carbocycles. The van der Waals surface area contributed by atoms with Crippen LogP contribution in [0.5, 0.6) is 0 Å². The van der Waals surface area contributed by atoms with Crippen LogP contribution < -0.4 is 0 Å². The van der Waals surface area contributed by atoms with Gasteiger partial charge >= 0.3 is 0 Å². The lowest BCUT2D eigenvalue weighted by Crippen LogP contribution is -2.58. The van der Waals surface area contributed by atoms with Crippen molar-refractivity contribution in [2.45, 2.75) is 129 Å². The van der Waals surface area contributed by atoms with E-state index in [-0.39, 0.29) is 23.4 Å². The zero-order valence-electron chi connectivity index (χ0n) is 21.0. The molecule has 5 rings (SSSR count). The number of hydrogen-bond acceptors (Lipinski definition) is 3. The molecule has 1 aliphatic heterocycles. The van der Waals surface area contributed by atoms with Gasteiger partial charge in [0, 0.05) is 0 Å². The van der Waals surface area contributed by atoms with Crippen molar-refractivity contribution >= 4 is 0 Å². The van der Waals surface area contributed by atoms with E-state index in [1.807, 2.05) is 0 Å². The van der Waals surface area contributed by atoms with Crippen molar-refractivity contribution < 1.29 is 14.9 Å². The fourth-order valence-corrected chi connectivity index (χ4v) is 9.77. The molecule has 0 amide bonds. The molecule has 9 unspecified atom stereocenters. The third kappa shape index (κ3) is 3.30. The molecule has 3 nitrogen and oxygen atoms in total. The van der Waals surface area contributed by atoms with Crippen molar-refractivity contribution in [2.24, 2.45) is 46.3 Å². The van der Waals surface area contributed by atoms with Gasteiger partial charge in [-0.25, -0.2) is 0 Å². The third-order valence-corrected chi connectivity index (χ3v) is 12.2. The molecule has 3 heteroatoms. The molecule has 0 bridgehead atoms. The van der Waals surface area contributed by atoms with Crippen LogP contribution in [0.15, 0.2) is 0 Å². The Morgan fingerprint density at radius 3 is 2.19 bits per heavy atom. The summed E-state index contributed by atoms with van der Waals surface area (Å²) in [4.78, 5) is 0. The fraction of sp³-hybridized carbons (Fsp3) is 1.00. The van der Waals surface area contributed by atoms with Crippen LogP contribution in [0.25, 0.3) is 0 Å². The summed E-state index contributed by atoms with van der Waals surface area (Å²) in [7, 11) is 0. The fourth-order valence-electron chi connectivity index (χ4n) is 9.77. The molecule has 1 saturated heterocycles. The quantitative estimate of drug-likeness (QED) is 0.539. The number of hydrogen-bond donors (Lipinski definition) is 2. The van der Waals surface area contributed by atoms with Gasteiger partial charge in [0.25, 0.3) is 0 Å². The maximum atomic E-state index is 11.4. The van der Waals surface area contributed by atoms with Crippen molar-refractivity contribution in [2.75, 3.05) is 0 Å². The highest BCUT2D eigenvalue weighted by molar-refractivity contribution is 5.12. The number of fused-ring (bicyclic) bond motifs is 5. The number of aliphatic hydroxyl groups is 2. The minimum Gasteiger partial charge on any atom is -0.393 e. The van der Waals surface area contributed by atoms with Crippen LogP contribution in [0.4, 0.5) is 0 Å². The van der Waals surface area contributed by atoms with Crippen LogP contribution >= 0.6 is 0 Å². The summed E-state index contributed by atoms with van der Waals surface area (Å²) in [6.45, 7) is 14.4. The van der Waals surface area contributed by atoms with E-state index < -0.39 is 0 Å². The van der Waals surface area contributed by atoms with E-state index in [2.05, 4.69) is 41.5 Å². The molecule has 11 atom stereocenters. The van der Waals surface area contributed by atoms with Gasteiger partial charge in [-0.05, 0) is 131 Å². The van der Waals surface area contributed by atoms with E-state index in [1.54, 1.807) is 0 Å². The van der Waals surface area contributed by atoms with E-state index in [4.69, 9.17) is 4.74 Å². The highest BCUT2D eigenvalue weighted by Crippen LogP contribution is 2.68. The molecule has 31 heavy (non-hydrogen) atoms. The summed E-state index contributed by atoms with van der Waals surface area (Å²) in [5.74, 6) is 3.85. The van der Waals surface area contributed by atoms with Gasteiger partial charge in [-0.2, -0.15) is 0 Å². The Bertz CT molecular complexity index is 704. The molecule has 178 valence electrons. The monoisotopic (exact) mass is 432 g/mol. The average Bonchev–Trinajstić information content (AvgIpc) is 3.01. The Morgan fingerprint density at radius 1 is 0.871 bits per heavy atom. The minimum atomic E-state index is -0.161. The van der Waals surface area contributed by atoms with Crippen LogP contribution in [-0.4, -0.2) is 33.6 Å². The number of epoxide rings is 1. The number of aliphatic hydroxyl groups excluding tert-OH is 2. The first kappa shape index (κ1) is 22.7. The lowest BCUT2D eigenvalue weighted by atomic mass is 9.43. The van der Waals surface area contributed by atoms with Gasteiger partial charge in [0.05, 0.1) is 23.4 Å². The lowest BCUT2D eigenvalue weighted by molar-refractivity contribution is -0.174. The normalized spacial score (nSPS) is 56.3. The summed E-state index contributed by atoms with van der Waals surface area (Å²) >= 11 is 0. The van der Waals surface area contributed by atoms with Crippen molar-refractivity contribution in [3.05, 3.63) is 0 Å². The second-order valence-electron chi connectivity index (χ2n) is 13.8. The number of ether oxygens (including phenoxy) is 1. The molecule has 2 N–H and O–H groups in total. The molecular formula is C28H48O3. The van der Waals surface area contributed by atoms with E-state index in [0.717, 1.165) is 37.5 Å². The first-order valence-electron chi connectivity index (χ1n) is 13.5. The van der Waals surface area contributed by atoms with Gasteiger partial charge in [0.15, 0.2) is 0 Å². The van der Waals surface area contributed by atoms with Crippen LogP contribution in [0.1, 0.15) is 106 Å². The van der Waals surface area contributed by atoms with Crippen molar-refractivity contribution in [1.29, 1.82) is 0 Å². The van der Waals surface area contributed by atoms with Crippen molar-refractivity contribution in [3.63, 3.8) is 0 Å². The molecule has 0 spiro atoms. The van der Waals surface area contributed by atoms with Crippen LogP contribution in [0.2, 0.25) is 0 Å². The SMILES string of the molecule is CC(CCC1(C)OC1(C)C)C1CCC2C3C(O)C[C@@H]4CC(O)CC[C@]4(C)C3CCC12C. The standard InChI is InChI=1S/C28H48O3/c1-17(9-14-28(6)25(2,3)31-28)20-7-8-21-24-22(11-13-27(20,21)5)26(4)12-10-19(29)15-18(26)16-23(24)30/h17-24,29-30H,7-16H2,1-6H3/t17?,18-,19?,20?,21?,22?,23?,24?,26-,27?,28?/m0/s1.